The molecule has 82 valence electrons. The number of piperidine rings is 1. The molecule has 0 radical (unpaired) electrons. The number of hydrogen-bond donors (Lipinski definition) is 1. The van der Waals surface area contributed by atoms with E-state index in [1.54, 1.807) is 10.9 Å². The van der Waals surface area contributed by atoms with E-state index in [0.29, 0.717) is 6.42 Å². The normalized spacial score (nSPS) is 21.5. The van der Waals surface area contributed by atoms with Crippen molar-refractivity contribution in [2.75, 3.05) is 13.1 Å². The van der Waals surface area contributed by atoms with Crippen molar-refractivity contribution in [1.29, 1.82) is 0 Å². The maximum Gasteiger partial charge on any atom is 0.143 e. The quantitative estimate of drug-likeness (QED) is 0.755. The molecule has 2 rings (SSSR count). The van der Waals surface area contributed by atoms with Crippen LogP contribution in [-0.2, 0) is 18.3 Å². The Morgan fingerprint density at radius 3 is 3.20 bits per heavy atom. The van der Waals surface area contributed by atoms with E-state index >= 15 is 0 Å². The Morgan fingerprint density at radius 2 is 2.60 bits per heavy atom. The van der Waals surface area contributed by atoms with Crippen LogP contribution in [0.25, 0.3) is 0 Å². The molecule has 2 heterocycles. The van der Waals surface area contributed by atoms with Crippen LogP contribution in [0, 0.1) is 5.92 Å². The van der Waals surface area contributed by atoms with E-state index in [1.807, 2.05) is 7.05 Å². The minimum Gasteiger partial charge on any atom is -0.316 e. The lowest BCUT2D eigenvalue weighted by molar-refractivity contribution is -0.122. The summed E-state index contributed by atoms with van der Waals surface area (Å²) >= 11 is 0. The fourth-order valence-corrected chi connectivity index (χ4v) is 1.93. The van der Waals surface area contributed by atoms with Gasteiger partial charge in [0.1, 0.15) is 5.78 Å². The van der Waals surface area contributed by atoms with Gasteiger partial charge < -0.3 is 5.32 Å². The summed E-state index contributed by atoms with van der Waals surface area (Å²) in [6.45, 7) is 1.86. The number of Topliss-reactive ketones (excluding diaryl/α,β-unsaturated/α-hetero) is 1. The molecule has 1 saturated heterocycles. The predicted molar refractivity (Wildman–Crippen MR) is 55.3 cm³/mol. The summed E-state index contributed by atoms with van der Waals surface area (Å²) in [5.74, 6) is 0.448. The van der Waals surface area contributed by atoms with Gasteiger partial charge >= 0.3 is 0 Å². The Labute approximate surface area is 88.9 Å². The first-order valence-electron chi connectivity index (χ1n) is 5.34. The van der Waals surface area contributed by atoms with Crippen LogP contribution in [0.1, 0.15) is 18.5 Å². The first-order chi connectivity index (χ1) is 7.25. The van der Waals surface area contributed by atoms with Crippen LogP contribution >= 0.6 is 0 Å². The van der Waals surface area contributed by atoms with Crippen molar-refractivity contribution < 1.29 is 4.79 Å². The largest absolute Gasteiger partial charge is 0.316 e. The molecule has 1 N–H and O–H groups in total. The van der Waals surface area contributed by atoms with E-state index < -0.39 is 0 Å². The topological polar surface area (TPSA) is 59.8 Å². The molecule has 0 amide bonds. The van der Waals surface area contributed by atoms with Gasteiger partial charge in [-0.15, -0.1) is 5.10 Å². The summed E-state index contributed by atoms with van der Waals surface area (Å²) in [5.41, 5.74) is 0.771. The van der Waals surface area contributed by atoms with Crippen molar-refractivity contribution in [2.45, 2.75) is 19.3 Å². The summed E-state index contributed by atoms with van der Waals surface area (Å²) in [7, 11) is 1.81. The summed E-state index contributed by atoms with van der Waals surface area (Å²) < 4.78 is 1.63. The van der Waals surface area contributed by atoms with Crippen molar-refractivity contribution in [1.82, 2.24) is 20.3 Å². The van der Waals surface area contributed by atoms with Gasteiger partial charge in [-0.1, -0.05) is 5.21 Å². The van der Waals surface area contributed by atoms with Crippen molar-refractivity contribution in [3.63, 3.8) is 0 Å². The van der Waals surface area contributed by atoms with Gasteiger partial charge in [-0.25, -0.2) is 0 Å². The van der Waals surface area contributed by atoms with Gasteiger partial charge in [0.25, 0.3) is 0 Å². The second kappa shape index (κ2) is 4.53. The molecule has 1 aliphatic heterocycles. The number of carbonyl (C=O) groups excluding carboxylic acids is 1. The van der Waals surface area contributed by atoms with Gasteiger partial charge in [0.05, 0.1) is 12.1 Å². The Bertz CT molecular complexity index is 341. The number of carbonyl (C=O) groups is 1. The van der Waals surface area contributed by atoms with E-state index in [4.69, 9.17) is 0 Å². The highest BCUT2D eigenvalue weighted by atomic mass is 16.1. The molecular weight excluding hydrogens is 192 g/mol. The molecule has 1 aromatic rings. The highest BCUT2D eigenvalue weighted by Gasteiger charge is 2.21. The van der Waals surface area contributed by atoms with Gasteiger partial charge in [0, 0.05) is 25.7 Å². The molecule has 1 unspecified atom stereocenters. The maximum absolute atomic E-state index is 11.9. The van der Waals surface area contributed by atoms with Gasteiger partial charge in [0.15, 0.2) is 0 Å². The smallest absolute Gasteiger partial charge is 0.143 e. The van der Waals surface area contributed by atoms with Crippen molar-refractivity contribution in [2.24, 2.45) is 13.0 Å². The lowest BCUT2D eigenvalue weighted by atomic mass is 9.93. The van der Waals surface area contributed by atoms with Crippen LogP contribution in [0.3, 0.4) is 0 Å². The zero-order chi connectivity index (χ0) is 10.7. The fourth-order valence-electron chi connectivity index (χ4n) is 1.93. The number of nitrogens with one attached hydrogen (secondary N) is 1. The minimum absolute atomic E-state index is 0.167. The summed E-state index contributed by atoms with van der Waals surface area (Å²) in [6, 6.07) is 0. The lowest BCUT2D eigenvalue weighted by Crippen LogP contribution is -2.35. The Hall–Kier alpha value is -1.23. The number of hydrogen-bond acceptors (Lipinski definition) is 4. The molecule has 0 spiro atoms. The molecule has 1 aliphatic rings. The molecular formula is C10H16N4O. The third kappa shape index (κ3) is 2.62. The Kier molecular flexibility index (Phi) is 3.11. The van der Waals surface area contributed by atoms with Crippen molar-refractivity contribution in [3.05, 3.63) is 11.9 Å². The van der Waals surface area contributed by atoms with Crippen LogP contribution in [0.2, 0.25) is 0 Å². The lowest BCUT2D eigenvalue weighted by Gasteiger charge is -2.20. The third-order valence-corrected chi connectivity index (χ3v) is 2.76. The monoisotopic (exact) mass is 208 g/mol. The molecule has 1 fully saturated rings. The van der Waals surface area contributed by atoms with Crippen LogP contribution in [0.4, 0.5) is 0 Å². The Morgan fingerprint density at radius 1 is 1.73 bits per heavy atom. The predicted octanol–water partition coefficient (Wildman–Crippen LogP) is -0.0737. The fraction of sp³-hybridized carbons (Fsp3) is 0.700. The average molecular weight is 208 g/mol. The van der Waals surface area contributed by atoms with Gasteiger partial charge in [-0.2, -0.15) is 0 Å². The van der Waals surface area contributed by atoms with Crippen LogP contribution in [-0.4, -0.2) is 33.9 Å². The van der Waals surface area contributed by atoms with Crippen LogP contribution < -0.4 is 5.32 Å². The van der Waals surface area contributed by atoms with E-state index in [1.165, 1.54) is 0 Å². The van der Waals surface area contributed by atoms with Crippen molar-refractivity contribution in [3.8, 4) is 0 Å². The number of aryl methyl sites for hydroxylation is 1. The van der Waals surface area contributed by atoms with Crippen molar-refractivity contribution >= 4 is 5.78 Å². The molecule has 0 bridgehead atoms. The van der Waals surface area contributed by atoms with Gasteiger partial charge in [0.2, 0.25) is 0 Å². The molecule has 0 aliphatic carbocycles. The molecule has 0 saturated carbocycles. The highest BCUT2D eigenvalue weighted by Crippen LogP contribution is 2.13. The van der Waals surface area contributed by atoms with Gasteiger partial charge in [-0.3, -0.25) is 9.48 Å². The van der Waals surface area contributed by atoms with E-state index in [2.05, 4.69) is 15.6 Å². The molecule has 15 heavy (non-hydrogen) atoms. The SMILES string of the molecule is Cn1cc(CC(=O)C2CCCNC2)nn1. The average Bonchev–Trinajstić information content (AvgIpc) is 2.65. The third-order valence-electron chi connectivity index (χ3n) is 2.76. The molecule has 1 atom stereocenters. The summed E-state index contributed by atoms with van der Waals surface area (Å²) in [6.07, 6.45) is 4.32. The molecule has 0 aromatic carbocycles. The summed E-state index contributed by atoms with van der Waals surface area (Å²) in [5, 5.41) is 11.0. The number of nitrogens with zero attached hydrogens (tertiary/aromatic N) is 3. The first-order valence-corrected chi connectivity index (χ1v) is 5.34. The van der Waals surface area contributed by atoms with E-state index in [9.17, 15) is 4.79 Å². The van der Waals surface area contributed by atoms with Crippen LogP contribution in [0.5, 0.6) is 0 Å². The number of aromatic nitrogens is 3. The first kappa shape index (κ1) is 10.3. The van der Waals surface area contributed by atoms with E-state index in [-0.39, 0.29) is 11.7 Å². The second-order valence-corrected chi connectivity index (χ2v) is 4.07. The van der Waals surface area contributed by atoms with Crippen LogP contribution in [0.15, 0.2) is 6.20 Å². The minimum atomic E-state index is 0.167. The second-order valence-electron chi connectivity index (χ2n) is 4.07. The highest BCUT2D eigenvalue weighted by molar-refractivity contribution is 5.83. The molecule has 5 heteroatoms. The standard InChI is InChI=1S/C10H16N4O/c1-14-7-9(12-13-14)5-10(15)8-3-2-4-11-6-8/h7-8,11H,2-6H2,1H3. The molecule has 1 aromatic heterocycles. The van der Waals surface area contributed by atoms with E-state index in [0.717, 1.165) is 31.6 Å². The zero-order valence-electron chi connectivity index (χ0n) is 8.94. The Balaban J connectivity index is 1.91. The maximum atomic E-state index is 11.9. The molecule has 5 nitrogen and oxygen atoms in total. The number of rotatable bonds is 3. The summed E-state index contributed by atoms with van der Waals surface area (Å²) in [4.78, 5) is 11.9. The van der Waals surface area contributed by atoms with Gasteiger partial charge in [-0.05, 0) is 19.4 Å². The zero-order valence-corrected chi connectivity index (χ0v) is 8.94. The number of ketones is 1.